The number of nitrogens with zero attached hydrogens (tertiary/aromatic N) is 5. The van der Waals surface area contributed by atoms with Gasteiger partial charge in [-0.15, -0.1) is 5.10 Å². The summed E-state index contributed by atoms with van der Waals surface area (Å²) in [5.74, 6) is 0.232. The Morgan fingerprint density at radius 2 is 1.81 bits per heavy atom. The van der Waals surface area contributed by atoms with Gasteiger partial charge in [0.05, 0.1) is 23.8 Å². The van der Waals surface area contributed by atoms with Crippen LogP contribution in [0.15, 0.2) is 79.1 Å². The van der Waals surface area contributed by atoms with Gasteiger partial charge in [-0.2, -0.15) is 0 Å². The summed E-state index contributed by atoms with van der Waals surface area (Å²) in [5, 5.41) is 10.7. The first-order chi connectivity index (χ1) is 15.6. The molecule has 5 aromatic rings. The number of amides is 1. The Bertz CT molecular complexity index is 1390. The molecule has 0 fully saturated rings. The summed E-state index contributed by atoms with van der Waals surface area (Å²) in [7, 11) is 0. The number of imidazole rings is 1. The predicted molar refractivity (Wildman–Crippen MR) is 119 cm³/mol. The van der Waals surface area contributed by atoms with Crippen LogP contribution in [0.4, 0.5) is 10.1 Å². The third-order valence-electron chi connectivity index (χ3n) is 5.20. The van der Waals surface area contributed by atoms with Crippen molar-refractivity contribution in [2.75, 3.05) is 5.32 Å². The minimum absolute atomic E-state index is 0.222. The van der Waals surface area contributed by atoms with Crippen LogP contribution in [-0.4, -0.2) is 30.5 Å². The highest BCUT2D eigenvalue weighted by atomic mass is 19.1. The number of nitrogens with one attached hydrogen (secondary N) is 1. The fourth-order valence-corrected chi connectivity index (χ4v) is 3.65. The minimum Gasteiger partial charge on any atom is -0.322 e. The summed E-state index contributed by atoms with van der Waals surface area (Å²) in [4.78, 5) is 17.4. The van der Waals surface area contributed by atoms with Crippen molar-refractivity contribution < 1.29 is 9.18 Å². The molecule has 0 spiro atoms. The lowest BCUT2D eigenvalue weighted by molar-refractivity contribution is 0.102. The maximum atomic E-state index is 13.4. The molecular formula is C24H19FN6O. The van der Waals surface area contributed by atoms with Crippen LogP contribution in [0.5, 0.6) is 0 Å². The van der Waals surface area contributed by atoms with Gasteiger partial charge >= 0.3 is 0 Å². The second kappa shape index (κ2) is 8.07. The number of anilines is 1. The maximum Gasteiger partial charge on any atom is 0.255 e. The Morgan fingerprint density at radius 3 is 2.53 bits per heavy atom. The number of hydrogen-bond donors (Lipinski definition) is 1. The average Bonchev–Trinajstić information content (AvgIpc) is 3.42. The van der Waals surface area contributed by atoms with Gasteiger partial charge in [-0.05, 0) is 67.1 Å². The molecule has 32 heavy (non-hydrogen) atoms. The van der Waals surface area contributed by atoms with Gasteiger partial charge in [0.15, 0.2) is 0 Å². The molecule has 158 valence electrons. The number of fused-ring (bicyclic) bond motifs is 1. The summed E-state index contributed by atoms with van der Waals surface area (Å²) in [6.45, 7) is 2.49. The molecule has 0 atom stereocenters. The van der Waals surface area contributed by atoms with E-state index >= 15 is 0 Å². The van der Waals surface area contributed by atoms with E-state index < -0.39 is 0 Å². The van der Waals surface area contributed by atoms with E-state index in [1.54, 1.807) is 41.3 Å². The molecule has 0 aliphatic carbocycles. The van der Waals surface area contributed by atoms with Crippen LogP contribution in [0.1, 0.15) is 21.7 Å². The summed E-state index contributed by atoms with van der Waals surface area (Å²) >= 11 is 0. The lowest BCUT2D eigenvalue weighted by Gasteiger charge is -2.09. The molecule has 0 bridgehead atoms. The van der Waals surface area contributed by atoms with Gasteiger partial charge in [0.25, 0.3) is 5.91 Å². The molecule has 0 saturated carbocycles. The first-order valence-corrected chi connectivity index (χ1v) is 10.1. The lowest BCUT2D eigenvalue weighted by atomic mass is 10.1. The molecule has 3 aromatic carbocycles. The number of halogens is 1. The molecule has 0 unspecified atom stereocenters. The zero-order valence-electron chi connectivity index (χ0n) is 17.2. The van der Waals surface area contributed by atoms with Crippen molar-refractivity contribution in [1.82, 2.24) is 24.5 Å². The normalized spacial score (nSPS) is 11.1. The van der Waals surface area contributed by atoms with Crippen molar-refractivity contribution in [1.29, 1.82) is 0 Å². The SMILES string of the molecule is Cc1nc2ccc(C(=O)Nc3ccc(Cn4ccnn4)cc3)cc2n1-c1ccc(F)cc1. The summed E-state index contributed by atoms with van der Waals surface area (Å²) in [5.41, 5.74) is 4.58. The van der Waals surface area contributed by atoms with Gasteiger partial charge in [0.1, 0.15) is 11.6 Å². The number of carbonyl (C=O) groups is 1. The maximum absolute atomic E-state index is 13.4. The number of benzene rings is 3. The zero-order chi connectivity index (χ0) is 22.1. The molecule has 2 aromatic heterocycles. The molecule has 1 amide bonds. The smallest absolute Gasteiger partial charge is 0.255 e. The molecule has 0 aliphatic rings. The molecule has 7 nitrogen and oxygen atoms in total. The van der Waals surface area contributed by atoms with Crippen molar-refractivity contribution in [3.8, 4) is 5.69 Å². The Hall–Kier alpha value is -4.33. The molecule has 0 aliphatic heterocycles. The highest BCUT2D eigenvalue weighted by Crippen LogP contribution is 2.23. The average molecular weight is 426 g/mol. The second-order valence-corrected chi connectivity index (χ2v) is 7.43. The molecule has 0 saturated heterocycles. The highest BCUT2D eigenvalue weighted by molar-refractivity contribution is 6.06. The molecule has 8 heteroatoms. The summed E-state index contributed by atoms with van der Waals surface area (Å²) < 4.78 is 17.0. The van der Waals surface area contributed by atoms with Gasteiger partial charge in [0.2, 0.25) is 0 Å². The van der Waals surface area contributed by atoms with E-state index in [0.29, 0.717) is 17.8 Å². The fourth-order valence-electron chi connectivity index (χ4n) is 3.65. The molecule has 1 N–H and O–H groups in total. The van der Waals surface area contributed by atoms with E-state index in [9.17, 15) is 9.18 Å². The van der Waals surface area contributed by atoms with Crippen molar-refractivity contribution in [2.45, 2.75) is 13.5 Å². The van der Waals surface area contributed by atoms with Gasteiger partial charge in [-0.25, -0.2) is 14.1 Å². The summed E-state index contributed by atoms with van der Waals surface area (Å²) in [6.07, 6.45) is 3.43. The zero-order valence-corrected chi connectivity index (χ0v) is 17.2. The van der Waals surface area contributed by atoms with Crippen molar-refractivity contribution in [2.24, 2.45) is 0 Å². The van der Waals surface area contributed by atoms with Crippen molar-refractivity contribution in [3.05, 3.63) is 102 Å². The van der Waals surface area contributed by atoms with Crippen LogP contribution in [-0.2, 0) is 6.54 Å². The van der Waals surface area contributed by atoms with Gasteiger partial charge < -0.3 is 5.32 Å². The molecule has 0 radical (unpaired) electrons. The van der Waals surface area contributed by atoms with E-state index in [-0.39, 0.29) is 11.7 Å². The first kappa shape index (κ1) is 19.6. The third-order valence-corrected chi connectivity index (χ3v) is 5.20. The van der Waals surface area contributed by atoms with Gasteiger partial charge in [-0.1, -0.05) is 17.3 Å². The van der Waals surface area contributed by atoms with E-state index in [0.717, 1.165) is 28.1 Å². The van der Waals surface area contributed by atoms with Gasteiger partial charge in [-0.3, -0.25) is 9.36 Å². The largest absolute Gasteiger partial charge is 0.322 e. The fraction of sp³-hybridized carbons (Fsp3) is 0.0833. The lowest BCUT2D eigenvalue weighted by Crippen LogP contribution is -2.12. The van der Waals surface area contributed by atoms with Crippen molar-refractivity contribution in [3.63, 3.8) is 0 Å². The quantitative estimate of drug-likeness (QED) is 0.453. The van der Waals surface area contributed by atoms with Crippen molar-refractivity contribution >= 4 is 22.6 Å². The summed E-state index contributed by atoms with van der Waals surface area (Å²) in [6, 6.07) is 19.2. The number of aryl methyl sites for hydroxylation is 1. The molecular weight excluding hydrogens is 407 g/mol. The molecule has 5 rings (SSSR count). The van der Waals surface area contributed by atoms with E-state index in [4.69, 9.17) is 0 Å². The minimum atomic E-state index is -0.303. The predicted octanol–water partition coefficient (Wildman–Crippen LogP) is 4.37. The Labute approximate surface area is 183 Å². The van der Waals surface area contributed by atoms with Crippen LogP contribution in [0.2, 0.25) is 0 Å². The number of rotatable bonds is 5. The molecule has 2 heterocycles. The number of aromatic nitrogens is 5. The highest BCUT2D eigenvalue weighted by Gasteiger charge is 2.13. The standard InChI is InChI=1S/C24H19FN6O/c1-16-27-22-11-4-18(14-23(22)31(16)21-9-5-19(25)6-10-21)24(32)28-20-7-2-17(3-8-20)15-30-13-12-26-29-30/h2-14H,15H2,1H3,(H,28,32). The van der Waals surface area contributed by atoms with E-state index in [2.05, 4.69) is 20.6 Å². The van der Waals surface area contributed by atoms with Crippen LogP contribution in [0, 0.1) is 12.7 Å². The second-order valence-electron chi connectivity index (χ2n) is 7.43. The first-order valence-electron chi connectivity index (χ1n) is 10.1. The van der Waals surface area contributed by atoms with Crippen LogP contribution < -0.4 is 5.32 Å². The Balaban J connectivity index is 1.39. The Kier molecular flexibility index (Phi) is 4.95. The topological polar surface area (TPSA) is 77.6 Å². The Morgan fingerprint density at radius 1 is 1.03 bits per heavy atom. The third kappa shape index (κ3) is 3.85. The van der Waals surface area contributed by atoms with Crippen LogP contribution >= 0.6 is 0 Å². The van der Waals surface area contributed by atoms with E-state index in [1.807, 2.05) is 41.8 Å². The van der Waals surface area contributed by atoms with Gasteiger partial charge in [0, 0.05) is 23.1 Å². The number of hydrogen-bond acceptors (Lipinski definition) is 4. The van der Waals surface area contributed by atoms with Crippen LogP contribution in [0.3, 0.4) is 0 Å². The van der Waals surface area contributed by atoms with E-state index in [1.165, 1.54) is 12.1 Å². The monoisotopic (exact) mass is 426 g/mol. The van der Waals surface area contributed by atoms with Crippen LogP contribution in [0.25, 0.3) is 16.7 Å². The number of carbonyl (C=O) groups excluding carboxylic acids is 1.